The number of amidine groups is 1. The third kappa shape index (κ3) is 4.28. The van der Waals surface area contributed by atoms with E-state index in [2.05, 4.69) is 4.90 Å². The maximum absolute atomic E-state index is 9.21. The molecule has 1 unspecified atom stereocenters. The van der Waals surface area contributed by atoms with E-state index in [4.69, 9.17) is 11.1 Å². The molecule has 4 heteroatoms. The average Bonchev–Trinajstić information content (AvgIpc) is 2.71. The maximum atomic E-state index is 9.21. The van der Waals surface area contributed by atoms with E-state index in [9.17, 15) is 5.11 Å². The van der Waals surface area contributed by atoms with E-state index in [1.54, 1.807) is 0 Å². The fourth-order valence-electron chi connectivity index (χ4n) is 2.41. The SMILES string of the molecule is CC(C)(CCCCN1CCCC1CO)C(=N)N. The highest BCUT2D eigenvalue weighted by Gasteiger charge is 2.24. The van der Waals surface area contributed by atoms with Crippen LogP contribution in [0.4, 0.5) is 0 Å². The molecule has 0 aliphatic carbocycles. The fraction of sp³-hybridized carbons (Fsp3) is 0.923. The van der Waals surface area contributed by atoms with Crippen LogP contribution in [0.15, 0.2) is 0 Å². The van der Waals surface area contributed by atoms with E-state index >= 15 is 0 Å². The standard InChI is InChI=1S/C13H27N3O/c1-13(2,12(14)15)7-3-4-8-16-9-5-6-11(16)10-17/h11,17H,3-10H2,1-2H3,(H3,14,15). The molecule has 17 heavy (non-hydrogen) atoms. The molecule has 0 amide bonds. The van der Waals surface area contributed by atoms with Crippen LogP contribution in [0.3, 0.4) is 0 Å². The number of nitrogens with one attached hydrogen (secondary N) is 1. The fourth-order valence-corrected chi connectivity index (χ4v) is 2.41. The van der Waals surface area contributed by atoms with Crippen molar-refractivity contribution in [1.29, 1.82) is 5.41 Å². The predicted molar refractivity (Wildman–Crippen MR) is 71.2 cm³/mol. The molecule has 0 spiro atoms. The van der Waals surface area contributed by atoms with Crippen molar-refractivity contribution >= 4 is 5.84 Å². The van der Waals surface area contributed by atoms with Gasteiger partial charge in [0.1, 0.15) is 0 Å². The number of nitrogens with two attached hydrogens (primary N) is 1. The van der Waals surface area contributed by atoms with Gasteiger partial charge < -0.3 is 10.8 Å². The minimum absolute atomic E-state index is 0.165. The summed E-state index contributed by atoms with van der Waals surface area (Å²) < 4.78 is 0. The van der Waals surface area contributed by atoms with Crippen LogP contribution in [0.1, 0.15) is 46.0 Å². The van der Waals surface area contributed by atoms with Crippen molar-refractivity contribution in [1.82, 2.24) is 4.90 Å². The topological polar surface area (TPSA) is 73.3 Å². The van der Waals surface area contributed by atoms with Crippen LogP contribution in [-0.2, 0) is 0 Å². The van der Waals surface area contributed by atoms with Crippen LogP contribution in [0.2, 0.25) is 0 Å². The Balaban J connectivity index is 2.18. The van der Waals surface area contributed by atoms with Gasteiger partial charge in [-0.3, -0.25) is 10.3 Å². The van der Waals surface area contributed by atoms with Crippen LogP contribution in [-0.4, -0.2) is 41.6 Å². The van der Waals surface area contributed by atoms with E-state index in [0.29, 0.717) is 12.6 Å². The van der Waals surface area contributed by atoms with Crippen LogP contribution in [0.25, 0.3) is 0 Å². The lowest BCUT2D eigenvalue weighted by atomic mass is 9.86. The maximum Gasteiger partial charge on any atom is 0.0963 e. The number of rotatable bonds is 7. The average molecular weight is 241 g/mol. The normalized spacial score (nSPS) is 21.9. The Morgan fingerprint density at radius 3 is 2.76 bits per heavy atom. The highest BCUT2D eigenvalue weighted by molar-refractivity contribution is 5.82. The van der Waals surface area contributed by atoms with Crippen LogP contribution in [0.5, 0.6) is 0 Å². The van der Waals surface area contributed by atoms with Crippen LogP contribution in [0, 0.1) is 10.8 Å². The highest BCUT2D eigenvalue weighted by Crippen LogP contribution is 2.23. The molecule has 0 aromatic carbocycles. The summed E-state index contributed by atoms with van der Waals surface area (Å²) in [5.41, 5.74) is 5.39. The summed E-state index contributed by atoms with van der Waals surface area (Å²) in [7, 11) is 0. The number of hydrogen-bond donors (Lipinski definition) is 3. The Morgan fingerprint density at radius 2 is 2.18 bits per heavy atom. The molecular formula is C13H27N3O. The summed E-state index contributed by atoms with van der Waals surface area (Å²) in [6.07, 6.45) is 5.55. The summed E-state index contributed by atoms with van der Waals surface area (Å²) in [5, 5.41) is 16.7. The Labute approximate surface area is 105 Å². The van der Waals surface area contributed by atoms with E-state index in [1.807, 2.05) is 13.8 Å². The van der Waals surface area contributed by atoms with Crippen molar-refractivity contribution < 1.29 is 5.11 Å². The first-order valence-corrected chi connectivity index (χ1v) is 6.67. The molecule has 0 bridgehead atoms. The molecule has 100 valence electrons. The first-order chi connectivity index (χ1) is 7.97. The van der Waals surface area contributed by atoms with E-state index < -0.39 is 0 Å². The third-order valence-electron chi connectivity index (χ3n) is 3.94. The number of likely N-dealkylation sites (tertiary alicyclic amines) is 1. The molecule has 0 aromatic rings. The molecule has 1 rings (SSSR count). The van der Waals surface area contributed by atoms with Gasteiger partial charge in [-0.1, -0.05) is 20.3 Å². The second-order valence-corrected chi connectivity index (χ2v) is 5.77. The van der Waals surface area contributed by atoms with Crippen molar-refractivity contribution in [3.05, 3.63) is 0 Å². The minimum Gasteiger partial charge on any atom is -0.395 e. The molecule has 1 fully saturated rings. The van der Waals surface area contributed by atoms with Gasteiger partial charge >= 0.3 is 0 Å². The Hall–Kier alpha value is -0.610. The number of unbranched alkanes of at least 4 members (excludes halogenated alkanes) is 1. The van der Waals surface area contributed by atoms with Gasteiger partial charge in [0.25, 0.3) is 0 Å². The Kier molecular flexibility index (Phi) is 5.40. The molecule has 0 saturated carbocycles. The van der Waals surface area contributed by atoms with E-state index in [0.717, 1.165) is 38.8 Å². The molecule has 0 radical (unpaired) electrons. The number of aliphatic hydroxyl groups is 1. The quantitative estimate of drug-likeness (QED) is 0.360. The molecule has 4 N–H and O–H groups in total. The van der Waals surface area contributed by atoms with Crippen LogP contribution < -0.4 is 5.73 Å². The van der Waals surface area contributed by atoms with Crippen molar-refractivity contribution in [3.8, 4) is 0 Å². The second-order valence-electron chi connectivity index (χ2n) is 5.77. The minimum atomic E-state index is -0.165. The summed E-state index contributed by atoms with van der Waals surface area (Å²) in [6, 6.07) is 0.385. The number of aliphatic hydroxyl groups excluding tert-OH is 1. The van der Waals surface area contributed by atoms with Gasteiger partial charge in [0, 0.05) is 11.5 Å². The summed E-state index contributed by atoms with van der Waals surface area (Å²) >= 11 is 0. The lowest BCUT2D eigenvalue weighted by Crippen LogP contribution is -2.33. The highest BCUT2D eigenvalue weighted by atomic mass is 16.3. The lowest BCUT2D eigenvalue weighted by Gasteiger charge is -2.25. The Morgan fingerprint density at radius 1 is 1.47 bits per heavy atom. The van der Waals surface area contributed by atoms with Crippen molar-refractivity contribution in [2.45, 2.75) is 52.0 Å². The van der Waals surface area contributed by atoms with Gasteiger partial charge in [-0.05, 0) is 38.8 Å². The molecule has 1 aliphatic rings. The monoisotopic (exact) mass is 241 g/mol. The van der Waals surface area contributed by atoms with Gasteiger partial charge in [-0.25, -0.2) is 0 Å². The zero-order valence-electron chi connectivity index (χ0n) is 11.2. The molecular weight excluding hydrogens is 214 g/mol. The molecule has 1 heterocycles. The smallest absolute Gasteiger partial charge is 0.0963 e. The number of hydrogen-bond acceptors (Lipinski definition) is 3. The zero-order chi connectivity index (χ0) is 12.9. The van der Waals surface area contributed by atoms with Crippen molar-refractivity contribution in [2.75, 3.05) is 19.7 Å². The molecule has 1 atom stereocenters. The first kappa shape index (κ1) is 14.5. The van der Waals surface area contributed by atoms with E-state index in [-0.39, 0.29) is 11.3 Å². The van der Waals surface area contributed by atoms with Gasteiger partial charge in [0.05, 0.1) is 12.4 Å². The summed E-state index contributed by atoms with van der Waals surface area (Å²) in [5.74, 6) is 0.284. The third-order valence-corrected chi connectivity index (χ3v) is 3.94. The van der Waals surface area contributed by atoms with Gasteiger partial charge in [0.2, 0.25) is 0 Å². The molecule has 4 nitrogen and oxygen atoms in total. The summed E-state index contributed by atoms with van der Waals surface area (Å²) in [6.45, 7) is 6.54. The van der Waals surface area contributed by atoms with E-state index in [1.165, 1.54) is 6.42 Å². The Bertz CT molecular complexity index is 253. The predicted octanol–water partition coefficient (Wildman–Crippen LogP) is 1.58. The summed E-state index contributed by atoms with van der Waals surface area (Å²) in [4.78, 5) is 2.39. The number of nitrogens with zero attached hydrogens (tertiary/aromatic N) is 1. The lowest BCUT2D eigenvalue weighted by molar-refractivity contribution is 0.156. The second kappa shape index (κ2) is 6.36. The molecule has 0 aromatic heterocycles. The zero-order valence-corrected chi connectivity index (χ0v) is 11.2. The van der Waals surface area contributed by atoms with Crippen LogP contribution >= 0.6 is 0 Å². The molecule has 1 aliphatic heterocycles. The van der Waals surface area contributed by atoms with Crippen molar-refractivity contribution in [3.63, 3.8) is 0 Å². The first-order valence-electron chi connectivity index (χ1n) is 6.67. The van der Waals surface area contributed by atoms with Gasteiger partial charge in [0.15, 0.2) is 0 Å². The molecule has 1 saturated heterocycles. The van der Waals surface area contributed by atoms with Crippen molar-refractivity contribution in [2.24, 2.45) is 11.1 Å². The van der Waals surface area contributed by atoms with Gasteiger partial charge in [-0.15, -0.1) is 0 Å². The largest absolute Gasteiger partial charge is 0.395 e. The van der Waals surface area contributed by atoms with Gasteiger partial charge in [-0.2, -0.15) is 0 Å².